The lowest BCUT2D eigenvalue weighted by Crippen LogP contribution is -2.25. The predicted octanol–water partition coefficient (Wildman–Crippen LogP) is 2.55. The van der Waals surface area contributed by atoms with Crippen LogP contribution >= 0.6 is 22.9 Å². The van der Waals surface area contributed by atoms with Crippen molar-refractivity contribution >= 4 is 37.9 Å². The average molecular weight is 387 g/mol. The first-order valence-corrected chi connectivity index (χ1v) is 9.64. The number of benzene rings is 1. The van der Waals surface area contributed by atoms with E-state index in [2.05, 4.69) is 14.8 Å². The van der Waals surface area contributed by atoms with E-state index in [1.54, 1.807) is 10.6 Å². The first kappa shape index (κ1) is 17.2. The van der Waals surface area contributed by atoms with Crippen molar-refractivity contribution < 1.29 is 13.2 Å². The lowest BCUT2D eigenvalue weighted by Gasteiger charge is -2.11. The number of halogens is 1. The number of rotatable bonds is 5. The molecule has 0 bridgehead atoms. The van der Waals surface area contributed by atoms with Crippen molar-refractivity contribution in [3.05, 3.63) is 39.6 Å². The van der Waals surface area contributed by atoms with E-state index < -0.39 is 10.0 Å². The van der Waals surface area contributed by atoms with Crippen LogP contribution in [0.4, 0.5) is 0 Å². The Hall–Kier alpha value is -1.68. The van der Waals surface area contributed by atoms with E-state index >= 15 is 0 Å². The van der Waals surface area contributed by atoms with Crippen molar-refractivity contribution in [2.75, 3.05) is 7.11 Å². The first-order valence-electron chi connectivity index (χ1n) is 6.96. The van der Waals surface area contributed by atoms with E-state index in [-0.39, 0.29) is 17.2 Å². The topological polar surface area (TPSA) is 85.6 Å². The highest BCUT2D eigenvalue weighted by atomic mass is 35.5. The molecule has 1 N–H and O–H groups in total. The number of hydrogen-bond acceptors (Lipinski definition) is 6. The Morgan fingerprint density at radius 2 is 2.12 bits per heavy atom. The van der Waals surface area contributed by atoms with Crippen LogP contribution in [0.3, 0.4) is 0 Å². The second-order valence-corrected chi connectivity index (χ2v) is 8.41. The van der Waals surface area contributed by atoms with Crippen molar-refractivity contribution in [1.29, 1.82) is 0 Å². The zero-order valence-corrected chi connectivity index (χ0v) is 15.6. The molecular weight excluding hydrogens is 372 g/mol. The van der Waals surface area contributed by atoms with Gasteiger partial charge in [0.15, 0.2) is 0 Å². The van der Waals surface area contributed by atoms with E-state index in [0.717, 1.165) is 15.7 Å². The number of fused-ring (bicyclic) bond motifs is 1. The highest BCUT2D eigenvalue weighted by Gasteiger charge is 2.22. The van der Waals surface area contributed by atoms with Crippen molar-refractivity contribution in [3.8, 4) is 5.75 Å². The Kier molecular flexibility index (Phi) is 4.52. The molecule has 3 rings (SSSR count). The molecule has 7 nitrogen and oxygen atoms in total. The summed E-state index contributed by atoms with van der Waals surface area (Å²) >= 11 is 7.37. The van der Waals surface area contributed by atoms with Gasteiger partial charge in [-0.2, -0.15) is 5.10 Å². The summed E-state index contributed by atoms with van der Waals surface area (Å²) in [6, 6.07) is 4.44. The lowest BCUT2D eigenvalue weighted by molar-refractivity contribution is 0.402. The molecule has 2 heterocycles. The molecule has 24 heavy (non-hydrogen) atoms. The van der Waals surface area contributed by atoms with Crippen LogP contribution < -0.4 is 9.46 Å². The number of hydrogen-bond donors (Lipinski definition) is 1. The van der Waals surface area contributed by atoms with Crippen LogP contribution in [0.2, 0.25) is 5.02 Å². The van der Waals surface area contributed by atoms with Crippen molar-refractivity contribution in [1.82, 2.24) is 19.3 Å². The summed E-state index contributed by atoms with van der Waals surface area (Å²) in [6.45, 7) is 3.76. The van der Waals surface area contributed by atoms with Gasteiger partial charge < -0.3 is 4.74 Å². The van der Waals surface area contributed by atoms with Gasteiger partial charge in [0.25, 0.3) is 0 Å². The number of imidazole rings is 1. The number of aryl methyl sites for hydroxylation is 2. The molecular formula is C14H15ClN4O3S2. The van der Waals surface area contributed by atoms with Gasteiger partial charge in [-0.3, -0.25) is 0 Å². The van der Waals surface area contributed by atoms with Crippen LogP contribution in [-0.4, -0.2) is 30.1 Å². The van der Waals surface area contributed by atoms with Gasteiger partial charge in [-0.05, 0) is 32.0 Å². The number of methoxy groups -OCH3 is 1. The van der Waals surface area contributed by atoms with Gasteiger partial charge in [0, 0.05) is 5.02 Å². The summed E-state index contributed by atoms with van der Waals surface area (Å²) < 4.78 is 34.6. The van der Waals surface area contributed by atoms with E-state index in [9.17, 15) is 8.42 Å². The number of aromatic nitrogens is 3. The molecule has 1 aromatic carbocycles. The molecule has 0 fully saturated rings. The minimum absolute atomic E-state index is 0.00892. The Morgan fingerprint density at radius 3 is 2.83 bits per heavy atom. The first-order chi connectivity index (χ1) is 11.3. The second kappa shape index (κ2) is 6.32. The molecule has 128 valence electrons. The number of sulfonamides is 1. The minimum atomic E-state index is -3.81. The highest BCUT2D eigenvalue weighted by molar-refractivity contribution is 7.89. The van der Waals surface area contributed by atoms with E-state index in [1.165, 1.54) is 30.6 Å². The Balaban J connectivity index is 1.92. The minimum Gasteiger partial charge on any atom is -0.495 e. The maximum Gasteiger partial charge on any atom is 0.244 e. The monoisotopic (exact) mass is 386 g/mol. The molecule has 3 aromatic rings. The van der Waals surface area contributed by atoms with Gasteiger partial charge in [0.2, 0.25) is 15.0 Å². The largest absolute Gasteiger partial charge is 0.495 e. The molecule has 0 saturated heterocycles. The third kappa shape index (κ3) is 3.12. The summed E-state index contributed by atoms with van der Waals surface area (Å²) in [6.07, 6.45) is 0. The van der Waals surface area contributed by atoms with Gasteiger partial charge in [0.05, 0.1) is 25.0 Å². The molecule has 0 amide bonds. The molecule has 0 aliphatic heterocycles. The standard InChI is InChI=1S/C14H15ClN4O3S2/c1-8-11(19-14(17-8)23-9(2)18-19)7-16-24(20,21)13-6-10(15)4-5-12(13)22-3/h4-6,16H,7H2,1-3H3. The number of nitrogens with zero attached hydrogens (tertiary/aromatic N) is 3. The number of nitrogens with one attached hydrogen (secondary N) is 1. The lowest BCUT2D eigenvalue weighted by atomic mass is 10.3. The van der Waals surface area contributed by atoms with E-state index in [0.29, 0.717) is 10.7 Å². The summed E-state index contributed by atoms with van der Waals surface area (Å²) in [5.41, 5.74) is 1.42. The molecule has 0 atom stereocenters. The maximum atomic E-state index is 12.6. The van der Waals surface area contributed by atoms with Crippen LogP contribution in [0.5, 0.6) is 5.75 Å². The SMILES string of the molecule is COc1ccc(Cl)cc1S(=O)(=O)NCc1c(C)nc2sc(C)nn12. The average Bonchev–Trinajstić information content (AvgIpc) is 3.00. The fraction of sp³-hybridized carbons (Fsp3) is 0.286. The van der Waals surface area contributed by atoms with Gasteiger partial charge in [0.1, 0.15) is 15.7 Å². The number of ether oxygens (including phenoxy) is 1. The smallest absolute Gasteiger partial charge is 0.244 e. The van der Waals surface area contributed by atoms with Crippen LogP contribution in [0.15, 0.2) is 23.1 Å². The van der Waals surface area contributed by atoms with Gasteiger partial charge in [-0.1, -0.05) is 22.9 Å². The second-order valence-electron chi connectivity index (χ2n) is 5.08. The molecule has 0 aliphatic rings. The molecule has 10 heteroatoms. The Labute approximate surface area is 148 Å². The van der Waals surface area contributed by atoms with Crippen molar-refractivity contribution in [2.24, 2.45) is 0 Å². The highest BCUT2D eigenvalue weighted by Crippen LogP contribution is 2.27. The van der Waals surface area contributed by atoms with Crippen molar-refractivity contribution in [3.63, 3.8) is 0 Å². The fourth-order valence-electron chi connectivity index (χ4n) is 2.29. The third-order valence-electron chi connectivity index (χ3n) is 3.44. The van der Waals surface area contributed by atoms with Crippen LogP contribution in [0.1, 0.15) is 16.4 Å². The zero-order valence-electron chi connectivity index (χ0n) is 13.2. The third-order valence-corrected chi connectivity index (χ3v) is 5.92. The summed E-state index contributed by atoms with van der Waals surface area (Å²) in [5, 5.41) is 5.52. The molecule has 0 spiro atoms. The predicted molar refractivity (Wildman–Crippen MR) is 92.4 cm³/mol. The zero-order chi connectivity index (χ0) is 17.5. The molecule has 0 saturated carbocycles. The molecule has 0 unspecified atom stereocenters. The maximum absolute atomic E-state index is 12.6. The summed E-state index contributed by atoms with van der Waals surface area (Å²) in [7, 11) is -2.40. The normalized spacial score (nSPS) is 12.0. The van der Waals surface area contributed by atoms with Crippen LogP contribution in [0, 0.1) is 13.8 Å². The van der Waals surface area contributed by atoms with Gasteiger partial charge in [-0.25, -0.2) is 22.6 Å². The van der Waals surface area contributed by atoms with Crippen LogP contribution in [-0.2, 0) is 16.6 Å². The van der Waals surface area contributed by atoms with Crippen molar-refractivity contribution in [2.45, 2.75) is 25.3 Å². The van der Waals surface area contributed by atoms with E-state index in [1.807, 2.05) is 13.8 Å². The van der Waals surface area contributed by atoms with Crippen LogP contribution in [0.25, 0.3) is 4.96 Å². The quantitative estimate of drug-likeness (QED) is 0.728. The molecule has 0 aliphatic carbocycles. The van der Waals surface area contributed by atoms with E-state index in [4.69, 9.17) is 16.3 Å². The van der Waals surface area contributed by atoms with Gasteiger partial charge >= 0.3 is 0 Å². The molecule has 0 radical (unpaired) electrons. The fourth-order valence-corrected chi connectivity index (χ4v) is 4.52. The van der Waals surface area contributed by atoms with Gasteiger partial charge in [-0.15, -0.1) is 0 Å². The Bertz CT molecular complexity index is 1010. The summed E-state index contributed by atoms with van der Waals surface area (Å²) in [5.74, 6) is 0.228. The Morgan fingerprint density at radius 1 is 1.38 bits per heavy atom. The summed E-state index contributed by atoms with van der Waals surface area (Å²) in [4.78, 5) is 5.12. The molecule has 2 aromatic heterocycles.